The second kappa shape index (κ2) is 6.92. The van der Waals surface area contributed by atoms with Crippen molar-refractivity contribution in [3.63, 3.8) is 0 Å². The maximum Gasteiger partial charge on any atom is 0.263 e. The van der Waals surface area contributed by atoms with Crippen molar-refractivity contribution in [3.05, 3.63) is 53.6 Å². The van der Waals surface area contributed by atoms with E-state index in [1.807, 2.05) is 39.8 Å². The molecule has 1 heterocycles. The van der Waals surface area contributed by atoms with Crippen LogP contribution in [0.25, 0.3) is 11.0 Å². The van der Waals surface area contributed by atoms with E-state index < -0.39 is 10.0 Å². The minimum Gasteiger partial charge on any atom is -0.472 e. The molecule has 2 aromatic carbocycles. The summed E-state index contributed by atoms with van der Waals surface area (Å²) >= 11 is 0. The van der Waals surface area contributed by atoms with Crippen molar-refractivity contribution in [2.75, 3.05) is 4.72 Å². The second-order valence-corrected chi connectivity index (χ2v) is 8.07. The average molecular weight is 371 g/mol. The Balaban J connectivity index is 2.06. The molecule has 1 aromatic heterocycles. The molecule has 136 valence electrons. The Labute approximate surface area is 153 Å². The highest BCUT2D eigenvalue weighted by Crippen LogP contribution is 2.27. The lowest BCUT2D eigenvalue weighted by molar-refractivity contribution is 0.234. The molecular formula is C19H21N3O3S. The number of benzene rings is 2. The molecular weight excluding hydrogens is 350 g/mol. The van der Waals surface area contributed by atoms with E-state index in [1.54, 1.807) is 30.3 Å². The standard InChI is InChI=1S/C19H21N3O3S/c1-12(2)25-19-18(20-16-7-5-6-8-17(16)21-19)22-26(23,24)15-10-9-13(3)14(4)11-15/h5-12H,1-4H3,(H,20,22). The first kappa shape index (κ1) is 18.1. The van der Waals surface area contributed by atoms with Gasteiger partial charge in [0, 0.05) is 0 Å². The molecule has 3 rings (SSSR count). The normalized spacial score (nSPS) is 11.7. The molecule has 0 aliphatic carbocycles. The summed E-state index contributed by atoms with van der Waals surface area (Å²) in [5, 5.41) is 0. The van der Waals surface area contributed by atoms with Crippen LogP contribution >= 0.6 is 0 Å². The van der Waals surface area contributed by atoms with Gasteiger partial charge < -0.3 is 4.74 Å². The van der Waals surface area contributed by atoms with E-state index in [4.69, 9.17) is 4.74 Å². The predicted molar refractivity (Wildman–Crippen MR) is 102 cm³/mol. The average Bonchev–Trinajstić information content (AvgIpc) is 2.57. The largest absolute Gasteiger partial charge is 0.472 e. The molecule has 7 heteroatoms. The first-order valence-electron chi connectivity index (χ1n) is 8.30. The number of sulfonamides is 1. The van der Waals surface area contributed by atoms with Gasteiger partial charge in [-0.05, 0) is 63.1 Å². The molecule has 1 N–H and O–H groups in total. The van der Waals surface area contributed by atoms with E-state index >= 15 is 0 Å². The summed E-state index contributed by atoms with van der Waals surface area (Å²) in [6, 6.07) is 12.2. The Kier molecular flexibility index (Phi) is 4.82. The number of anilines is 1. The SMILES string of the molecule is Cc1ccc(S(=O)(=O)Nc2nc3ccccc3nc2OC(C)C)cc1C. The molecule has 0 saturated heterocycles. The number of ether oxygens (including phenoxy) is 1. The zero-order valence-electron chi connectivity index (χ0n) is 15.1. The fourth-order valence-corrected chi connectivity index (χ4v) is 3.51. The van der Waals surface area contributed by atoms with Gasteiger partial charge in [-0.25, -0.2) is 18.4 Å². The van der Waals surface area contributed by atoms with E-state index in [2.05, 4.69) is 14.7 Å². The van der Waals surface area contributed by atoms with Crippen molar-refractivity contribution >= 4 is 26.9 Å². The van der Waals surface area contributed by atoms with Gasteiger partial charge in [-0.2, -0.15) is 0 Å². The highest BCUT2D eigenvalue weighted by Gasteiger charge is 2.20. The van der Waals surface area contributed by atoms with Crippen LogP contribution in [0, 0.1) is 13.8 Å². The Morgan fingerprint density at radius 3 is 2.23 bits per heavy atom. The van der Waals surface area contributed by atoms with Gasteiger partial charge in [0.1, 0.15) is 0 Å². The number of fused-ring (bicyclic) bond motifs is 1. The molecule has 0 radical (unpaired) electrons. The fraction of sp³-hybridized carbons (Fsp3) is 0.263. The summed E-state index contributed by atoms with van der Waals surface area (Å²) in [7, 11) is -3.81. The summed E-state index contributed by atoms with van der Waals surface area (Å²) in [6.45, 7) is 7.50. The van der Waals surface area contributed by atoms with Crippen molar-refractivity contribution in [3.8, 4) is 5.88 Å². The molecule has 0 spiro atoms. The maximum absolute atomic E-state index is 12.8. The van der Waals surface area contributed by atoms with Crippen LogP contribution in [-0.2, 0) is 10.0 Å². The monoisotopic (exact) mass is 371 g/mol. The number of nitrogens with one attached hydrogen (secondary N) is 1. The summed E-state index contributed by atoms with van der Waals surface area (Å²) in [5.74, 6) is 0.238. The van der Waals surface area contributed by atoms with Gasteiger partial charge in [0.2, 0.25) is 5.82 Å². The molecule has 0 saturated carbocycles. The number of aryl methyl sites for hydroxylation is 2. The number of nitrogens with zero attached hydrogens (tertiary/aromatic N) is 2. The quantitative estimate of drug-likeness (QED) is 0.737. The number of para-hydroxylation sites is 2. The summed E-state index contributed by atoms with van der Waals surface area (Å²) < 4.78 is 33.8. The Morgan fingerprint density at radius 1 is 0.962 bits per heavy atom. The summed E-state index contributed by atoms with van der Waals surface area (Å²) in [4.78, 5) is 8.99. The van der Waals surface area contributed by atoms with E-state index in [-0.39, 0.29) is 22.7 Å². The van der Waals surface area contributed by atoms with Crippen LogP contribution in [-0.4, -0.2) is 24.5 Å². The minimum atomic E-state index is -3.81. The number of rotatable bonds is 5. The molecule has 0 atom stereocenters. The van der Waals surface area contributed by atoms with Crippen LogP contribution in [0.2, 0.25) is 0 Å². The van der Waals surface area contributed by atoms with Gasteiger partial charge in [0.15, 0.2) is 0 Å². The fourth-order valence-electron chi connectivity index (χ4n) is 2.42. The van der Waals surface area contributed by atoms with Crippen LogP contribution < -0.4 is 9.46 Å². The molecule has 0 aliphatic heterocycles. The lowest BCUT2D eigenvalue weighted by Gasteiger charge is -2.15. The molecule has 26 heavy (non-hydrogen) atoms. The van der Waals surface area contributed by atoms with Gasteiger partial charge in [0.25, 0.3) is 15.9 Å². The number of hydrogen-bond acceptors (Lipinski definition) is 5. The van der Waals surface area contributed by atoms with Crippen LogP contribution in [0.1, 0.15) is 25.0 Å². The van der Waals surface area contributed by atoms with Crippen LogP contribution in [0.5, 0.6) is 5.88 Å². The zero-order chi connectivity index (χ0) is 18.9. The van der Waals surface area contributed by atoms with Gasteiger partial charge in [-0.1, -0.05) is 18.2 Å². The van der Waals surface area contributed by atoms with E-state index in [9.17, 15) is 8.42 Å². The minimum absolute atomic E-state index is 0.0793. The predicted octanol–water partition coefficient (Wildman–Crippen LogP) is 3.83. The zero-order valence-corrected chi connectivity index (χ0v) is 16.0. The van der Waals surface area contributed by atoms with Gasteiger partial charge in [-0.15, -0.1) is 0 Å². The van der Waals surface area contributed by atoms with Crippen molar-refractivity contribution in [2.24, 2.45) is 0 Å². The van der Waals surface area contributed by atoms with Crippen LogP contribution in [0.3, 0.4) is 0 Å². The maximum atomic E-state index is 12.8. The topological polar surface area (TPSA) is 81.2 Å². The lowest BCUT2D eigenvalue weighted by atomic mass is 10.1. The number of aromatic nitrogens is 2. The Hall–Kier alpha value is -2.67. The second-order valence-electron chi connectivity index (χ2n) is 6.38. The van der Waals surface area contributed by atoms with Crippen molar-refractivity contribution in [1.29, 1.82) is 0 Å². The molecule has 0 fully saturated rings. The van der Waals surface area contributed by atoms with Gasteiger partial charge in [-0.3, -0.25) is 4.72 Å². The van der Waals surface area contributed by atoms with Crippen LogP contribution in [0.15, 0.2) is 47.4 Å². The molecule has 0 bridgehead atoms. The third kappa shape index (κ3) is 3.77. The van der Waals surface area contributed by atoms with Crippen molar-refractivity contribution in [2.45, 2.75) is 38.7 Å². The molecule has 6 nitrogen and oxygen atoms in total. The molecule has 3 aromatic rings. The molecule has 0 unspecified atom stereocenters. The number of hydrogen-bond donors (Lipinski definition) is 1. The molecule has 0 amide bonds. The first-order chi connectivity index (χ1) is 12.3. The summed E-state index contributed by atoms with van der Waals surface area (Å²) in [6.07, 6.45) is -0.171. The highest BCUT2D eigenvalue weighted by atomic mass is 32.2. The highest BCUT2D eigenvalue weighted by molar-refractivity contribution is 7.92. The Morgan fingerprint density at radius 2 is 1.62 bits per heavy atom. The third-order valence-electron chi connectivity index (χ3n) is 3.91. The lowest BCUT2D eigenvalue weighted by Crippen LogP contribution is -2.17. The third-order valence-corrected chi connectivity index (χ3v) is 5.24. The van der Waals surface area contributed by atoms with Crippen molar-refractivity contribution in [1.82, 2.24) is 9.97 Å². The van der Waals surface area contributed by atoms with E-state index in [1.165, 1.54) is 0 Å². The summed E-state index contributed by atoms with van der Waals surface area (Å²) in [5.41, 5.74) is 3.15. The van der Waals surface area contributed by atoms with Crippen molar-refractivity contribution < 1.29 is 13.2 Å². The molecule has 0 aliphatic rings. The van der Waals surface area contributed by atoms with E-state index in [0.29, 0.717) is 11.0 Å². The van der Waals surface area contributed by atoms with E-state index in [0.717, 1.165) is 11.1 Å². The Bertz CT molecular complexity index is 1060. The van der Waals surface area contributed by atoms with Crippen LogP contribution in [0.4, 0.5) is 5.82 Å². The van der Waals surface area contributed by atoms with Gasteiger partial charge >= 0.3 is 0 Å². The first-order valence-corrected chi connectivity index (χ1v) is 9.78. The van der Waals surface area contributed by atoms with Gasteiger partial charge in [0.05, 0.1) is 22.0 Å². The smallest absolute Gasteiger partial charge is 0.263 e.